The van der Waals surface area contributed by atoms with E-state index in [1.165, 1.54) is 20.4 Å². The average molecular weight is 718 g/mol. The van der Waals surface area contributed by atoms with Gasteiger partial charge in [-0.3, -0.25) is 5.43 Å². The topological polar surface area (TPSA) is 149 Å². The molecule has 4 N–H and O–H groups in total. The minimum Gasteiger partial charge on any atom is -0.493 e. The molecule has 0 aliphatic carbocycles. The lowest BCUT2D eigenvalue weighted by atomic mass is 9.95. The summed E-state index contributed by atoms with van der Waals surface area (Å²) in [5, 5.41) is 20.7. The number of rotatable bonds is 14. The molecule has 2 atom stereocenters. The van der Waals surface area contributed by atoms with Crippen LogP contribution in [0.2, 0.25) is 5.02 Å². The van der Waals surface area contributed by atoms with E-state index in [0.29, 0.717) is 51.5 Å². The first-order chi connectivity index (χ1) is 22.1. The van der Waals surface area contributed by atoms with Gasteiger partial charge in [0.15, 0.2) is 29.2 Å². The zero-order valence-electron chi connectivity index (χ0n) is 25.6. The van der Waals surface area contributed by atoms with Crippen molar-refractivity contribution < 1.29 is 38.4 Å². The van der Waals surface area contributed by atoms with Crippen molar-refractivity contribution in [1.29, 1.82) is 0 Å². The summed E-state index contributed by atoms with van der Waals surface area (Å²) in [7, 11) is 2.81. The standard InChI is InChI=1S/C32H34BrClN4O8/c1-5-44-25-13-20(29-28(31(40)43-4)18(2)36-32(41)37-29)9-10-24(25)45-17-27(39)38-35-15-21-12-22(33)14-26(42-3)30(21)46-16-19-7-6-8-23(34)11-19/h6-15,27,29,38-39H,5,16-17H2,1-4H3,(H2,36,37,41)/b35-15+/t27-,29+/m1/s1. The van der Waals surface area contributed by atoms with Gasteiger partial charge in [-0.05, 0) is 61.4 Å². The largest absolute Gasteiger partial charge is 0.493 e. The van der Waals surface area contributed by atoms with Crippen LogP contribution in [0.4, 0.5) is 4.79 Å². The SMILES string of the molecule is CCOc1cc([C@@H]2NC(=O)NC(C)=C2C(=O)OC)ccc1OC[C@@H](O)N/N=C/c1cc(Br)cc(OC)c1OCc1cccc(Cl)c1. The second-order valence-corrected chi connectivity index (χ2v) is 11.2. The molecule has 3 aromatic carbocycles. The number of urea groups is 1. The Kier molecular flexibility index (Phi) is 12.1. The van der Waals surface area contributed by atoms with Crippen molar-refractivity contribution >= 4 is 45.7 Å². The van der Waals surface area contributed by atoms with E-state index in [9.17, 15) is 14.7 Å². The zero-order valence-corrected chi connectivity index (χ0v) is 27.9. The Bertz CT molecular complexity index is 1630. The summed E-state index contributed by atoms with van der Waals surface area (Å²) in [5.74, 6) is 1.05. The van der Waals surface area contributed by atoms with Crippen molar-refractivity contribution in [2.24, 2.45) is 5.10 Å². The molecule has 3 aromatic rings. The summed E-state index contributed by atoms with van der Waals surface area (Å²) < 4.78 is 28.8. The number of benzene rings is 3. The minimum atomic E-state index is -1.20. The van der Waals surface area contributed by atoms with Gasteiger partial charge in [0.25, 0.3) is 0 Å². The first-order valence-corrected chi connectivity index (χ1v) is 15.3. The fraction of sp³-hybridized carbons (Fsp3) is 0.281. The lowest BCUT2D eigenvalue weighted by molar-refractivity contribution is -0.136. The molecule has 0 saturated carbocycles. The number of hydrazone groups is 1. The average Bonchev–Trinajstić information content (AvgIpc) is 3.02. The number of hydrogen-bond acceptors (Lipinski definition) is 10. The van der Waals surface area contributed by atoms with Crippen molar-refractivity contribution in [2.45, 2.75) is 32.7 Å². The van der Waals surface area contributed by atoms with Crippen LogP contribution in [0, 0.1) is 0 Å². The van der Waals surface area contributed by atoms with Crippen LogP contribution in [-0.4, -0.2) is 57.0 Å². The Balaban J connectivity index is 1.44. The molecule has 0 saturated heterocycles. The van der Waals surface area contributed by atoms with Gasteiger partial charge in [0.05, 0.1) is 38.7 Å². The van der Waals surface area contributed by atoms with Crippen LogP contribution in [0.25, 0.3) is 0 Å². The fourth-order valence-electron chi connectivity index (χ4n) is 4.59. The van der Waals surface area contributed by atoms with Crippen LogP contribution < -0.4 is 35.0 Å². The van der Waals surface area contributed by atoms with Crippen molar-refractivity contribution in [3.05, 3.63) is 92.1 Å². The number of amides is 2. The number of nitrogens with zero attached hydrogens (tertiary/aromatic N) is 1. The van der Waals surface area contributed by atoms with Gasteiger partial charge in [-0.25, -0.2) is 9.59 Å². The molecule has 1 aliphatic rings. The van der Waals surface area contributed by atoms with E-state index in [2.05, 4.69) is 37.1 Å². The van der Waals surface area contributed by atoms with Gasteiger partial charge in [0.2, 0.25) is 0 Å². The molecule has 0 aromatic heterocycles. The quantitative estimate of drug-likeness (QED) is 0.0764. The van der Waals surface area contributed by atoms with E-state index < -0.39 is 24.3 Å². The number of nitrogens with one attached hydrogen (secondary N) is 3. The Morgan fingerprint density at radius 3 is 2.63 bits per heavy atom. The summed E-state index contributed by atoms with van der Waals surface area (Å²) in [5.41, 5.74) is 5.32. The molecule has 0 spiro atoms. The summed E-state index contributed by atoms with van der Waals surface area (Å²) in [6.07, 6.45) is 0.293. The van der Waals surface area contributed by atoms with Crippen molar-refractivity contribution in [1.82, 2.24) is 16.1 Å². The Hall–Kier alpha value is -4.46. The number of carbonyl (C=O) groups is 2. The summed E-state index contributed by atoms with van der Waals surface area (Å²) >= 11 is 9.57. The number of ether oxygens (including phenoxy) is 5. The van der Waals surface area contributed by atoms with Crippen LogP contribution in [0.5, 0.6) is 23.0 Å². The number of allylic oxidation sites excluding steroid dienone is 1. The predicted octanol–water partition coefficient (Wildman–Crippen LogP) is 5.21. The zero-order chi connectivity index (χ0) is 33.2. The lowest BCUT2D eigenvalue weighted by Crippen LogP contribution is -2.45. The molecular weight excluding hydrogens is 684 g/mol. The van der Waals surface area contributed by atoms with Crippen LogP contribution >= 0.6 is 27.5 Å². The van der Waals surface area contributed by atoms with Gasteiger partial charge >= 0.3 is 12.0 Å². The first-order valence-electron chi connectivity index (χ1n) is 14.1. The smallest absolute Gasteiger partial charge is 0.337 e. The number of hydrogen-bond donors (Lipinski definition) is 4. The monoisotopic (exact) mass is 716 g/mol. The van der Waals surface area contributed by atoms with Crippen molar-refractivity contribution in [2.75, 3.05) is 27.4 Å². The molecule has 12 nitrogen and oxygen atoms in total. The Labute approximate surface area is 279 Å². The maximum Gasteiger partial charge on any atom is 0.337 e. The van der Waals surface area contributed by atoms with E-state index in [0.717, 1.165) is 10.0 Å². The second-order valence-electron chi connectivity index (χ2n) is 9.86. The highest BCUT2D eigenvalue weighted by Gasteiger charge is 2.32. The van der Waals surface area contributed by atoms with Gasteiger partial charge in [-0.1, -0.05) is 45.7 Å². The summed E-state index contributed by atoms with van der Waals surface area (Å²) in [4.78, 5) is 24.7. The normalized spacial score (nSPS) is 15.1. The van der Waals surface area contributed by atoms with Crippen LogP contribution in [-0.2, 0) is 16.1 Å². The number of aliphatic hydroxyl groups excluding tert-OH is 1. The van der Waals surface area contributed by atoms with E-state index >= 15 is 0 Å². The fourth-order valence-corrected chi connectivity index (χ4v) is 5.26. The maximum absolute atomic E-state index is 12.5. The van der Waals surface area contributed by atoms with Crippen LogP contribution in [0.3, 0.4) is 0 Å². The number of methoxy groups -OCH3 is 2. The molecule has 1 heterocycles. The van der Waals surface area contributed by atoms with Gasteiger partial charge < -0.3 is 39.4 Å². The molecule has 0 radical (unpaired) electrons. The molecule has 0 fully saturated rings. The molecule has 244 valence electrons. The second kappa shape index (κ2) is 16.2. The number of aliphatic hydroxyl groups is 1. The van der Waals surface area contributed by atoms with E-state index in [4.69, 9.17) is 35.3 Å². The Morgan fingerprint density at radius 2 is 1.91 bits per heavy atom. The van der Waals surface area contributed by atoms with Crippen molar-refractivity contribution in [3.63, 3.8) is 0 Å². The number of carbonyl (C=O) groups excluding carboxylic acids is 2. The summed E-state index contributed by atoms with van der Waals surface area (Å²) in [6, 6.07) is 14.7. The molecule has 0 unspecified atom stereocenters. The Morgan fingerprint density at radius 1 is 1.11 bits per heavy atom. The van der Waals surface area contributed by atoms with E-state index in [-0.39, 0.29) is 18.8 Å². The number of halogens is 2. The maximum atomic E-state index is 12.5. The molecule has 4 rings (SSSR count). The summed E-state index contributed by atoms with van der Waals surface area (Å²) in [6.45, 7) is 3.81. The molecule has 46 heavy (non-hydrogen) atoms. The minimum absolute atomic E-state index is 0.187. The molecular formula is C32H34BrClN4O8. The highest BCUT2D eigenvalue weighted by molar-refractivity contribution is 9.10. The molecule has 1 aliphatic heterocycles. The van der Waals surface area contributed by atoms with E-state index in [1.807, 2.05) is 25.1 Å². The number of esters is 1. The molecule has 2 amide bonds. The first kappa shape index (κ1) is 34.4. The van der Waals surface area contributed by atoms with Crippen LogP contribution in [0.15, 0.2) is 75.4 Å². The van der Waals surface area contributed by atoms with Gasteiger partial charge in [0, 0.05) is 20.8 Å². The third kappa shape index (κ3) is 8.83. The molecule has 14 heteroatoms. The highest BCUT2D eigenvalue weighted by Crippen LogP contribution is 2.36. The van der Waals surface area contributed by atoms with Gasteiger partial charge in [0.1, 0.15) is 13.2 Å². The lowest BCUT2D eigenvalue weighted by Gasteiger charge is -2.28. The third-order valence-corrected chi connectivity index (χ3v) is 7.33. The third-order valence-electron chi connectivity index (χ3n) is 6.64. The molecule has 0 bridgehead atoms. The van der Waals surface area contributed by atoms with E-state index in [1.54, 1.807) is 43.3 Å². The van der Waals surface area contributed by atoms with Gasteiger partial charge in [-0.15, -0.1) is 0 Å². The van der Waals surface area contributed by atoms with Gasteiger partial charge in [-0.2, -0.15) is 5.10 Å². The predicted molar refractivity (Wildman–Crippen MR) is 175 cm³/mol. The highest BCUT2D eigenvalue weighted by atomic mass is 79.9. The van der Waals surface area contributed by atoms with Crippen molar-refractivity contribution in [3.8, 4) is 23.0 Å². The van der Waals surface area contributed by atoms with Crippen LogP contribution in [0.1, 0.15) is 36.6 Å².